The molecule has 0 spiro atoms. The lowest BCUT2D eigenvalue weighted by atomic mass is 10.2. The molecule has 0 radical (unpaired) electrons. The summed E-state index contributed by atoms with van der Waals surface area (Å²) in [6.45, 7) is 1.93. The molecule has 18 heavy (non-hydrogen) atoms. The van der Waals surface area contributed by atoms with Gasteiger partial charge in [-0.05, 0) is 19.1 Å². The van der Waals surface area contributed by atoms with Crippen molar-refractivity contribution in [3.05, 3.63) is 36.2 Å². The quantitative estimate of drug-likeness (QED) is 0.787. The van der Waals surface area contributed by atoms with Crippen molar-refractivity contribution >= 4 is 11.7 Å². The molecule has 2 aromatic heterocycles. The average molecular weight is 247 g/mol. The van der Waals surface area contributed by atoms with Crippen molar-refractivity contribution in [1.82, 2.24) is 20.2 Å². The highest BCUT2D eigenvalue weighted by Gasteiger charge is 2.11. The van der Waals surface area contributed by atoms with Gasteiger partial charge in [-0.3, -0.25) is 5.10 Å². The number of H-pyrrole nitrogens is 1. The van der Waals surface area contributed by atoms with E-state index in [1.54, 1.807) is 18.3 Å². The monoisotopic (exact) mass is 247 g/mol. The number of methoxy groups -OCH3 is 1. The SMILES string of the molecule is COC(=O)c1cc(NC(C)c2ncn[nH]2)ccn1. The van der Waals surface area contributed by atoms with E-state index in [1.807, 2.05) is 6.92 Å². The molecular weight excluding hydrogens is 234 g/mol. The lowest BCUT2D eigenvalue weighted by Crippen LogP contribution is -2.10. The van der Waals surface area contributed by atoms with Crippen LogP contribution in [0.25, 0.3) is 0 Å². The zero-order valence-electron chi connectivity index (χ0n) is 10.0. The van der Waals surface area contributed by atoms with Crippen molar-refractivity contribution < 1.29 is 9.53 Å². The summed E-state index contributed by atoms with van der Waals surface area (Å²) in [5, 5.41) is 9.74. The van der Waals surface area contributed by atoms with Crippen molar-refractivity contribution in [2.45, 2.75) is 13.0 Å². The minimum Gasteiger partial charge on any atom is -0.464 e. The number of nitrogens with zero attached hydrogens (tertiary/aromatic N) is 3. The van der Waals surface area contributed by atoms with Crippen LogP contribution >= 0.6 is 0 Å². The Labute approximate surface area is 104 Å². The van der Waals surface area contributed by atoms with Gasteiger partial charge in [-0.15, -0.1) is 0 Å². The fraction of sp³-hybridized carbons (Fsp3) is 0.273. The second-order valence-electron chi connectivity index (χ2n) is 3.66. The van der Waals surface area contributed by atoms with Gasteiger partial charge >= 0.3 is 5.97 Å². The Kier molecular flexibility index (Phi) is 3.52. The number of nitrogens with one attached hydrogen (secondary N) is 2. The Bertz CT molecular complexity index is 526. The van der Waals surface area contributed by atoms with E-state index in [2.05, 4.69) is 30.2 Å². The molecule has 2 rings (SSSR count). The van der Waals surface area contributed by atoms with Crippen LogP contribution in [0.5, 0.6) is 0 Å². The fourth-order valence-electron chi connectivity index (χ4n) is 1.48. The molecule has 0 aliphatic heterocycles. The van der Waals surface area contributed by atoms with E-state index in [0.29, 0.717) is 5.82 Å². The minimum absolute atomic E-state index is 0.0552. The third kappa shape index (κ3) is 2.62. The van der Waals surface area contributed by atoms with Gasteiger partial charge in [0.15, 0.2) is 0 Å². The van der Waals surface area contributed by atoms with Gasteiger partial charge in [0.05, 0.1) is 13.2 Å². The van der Waals surface area contributed by atoms with Gasteiger partial charge in [-0.2, -0.15) is 5.10 Å². The van der Waals surface area contributed by atoms with Crippen LogP contribution in [0.3, 0.4) is 0 Å². The molecule has 0 aliphatic carbocycles. The lowest BCUT2D eigenvalue weighted by molar-refractivity contribution is 0.0594. The molecule has 0 aliphatic rings. The van der Waals surface area contributed by atoms with Gasteiger partial charge in [0.1, 0.15) is 17.8 Å². The molecule has 0 bridgehead atoms. The molecule has 7 heteroatoms. The van der Waals surface area contributed by atoms with Crippen LogP contribution in [-0.4, -0.2) is 33.2 Å². The van der Waals surface area contributed by atoms with Crippen LogP contribution in [0.4, 0.5) is 5.69 Å². The molecule has 2 aromatic rings. The Morgan fingerprint density at radius 2 is 2.33 bits per heavy atom. The number of hydrogen-bond donors (Lipinski definition) is 2. The van der Waals surface area contributed by atoms with Gasteiger partial charge in [-0.25, -0.2) is 14.8 Å². The van der Waals surface area contributed by atoms with Crippen LogP contribution in [0.15, 0.2) is 24.7 Å². The number of rotatable bonds is 4. The maximum Gasteiger partial charge on any atom is 0.356 e. The molecule has 0 fully saturated rings. The number of pyridine rings is 1. The van der Waals surface area contributed by atoms with Gasteiger partial charge in [0.2, 0.25) is 0 Å². The Balaban J connectivity index is 2.12. The summed E-state index contributed by atoms with van der Waals surface area (Å²) in [5.74, 6) is 0.248. The van der Waals surface area contributed by atoms with Crippen molar-refractivity contribution in [3.8, 4) is 0 Å². The number of aromatic amines is 1. The van der Waals surface area contributed by atoms with E-state index in [1.165, 1.54) is 13.4 Å². The van der Waals surface area contributed by atoms with Gasteiger partial charge in [0, 0.05) is 11.9 Å². The maximum atomic E-state index is 11.3. The molecule has 0 aromatic carbocycles. The molecule has 0 saturated carbocycles. The van der Waals surface area contributed by atoms with Crippen LogP contribution < -0.4 is 5.32 Å². The molecular formula is C11H13N5O2. The number of ether oxygens (including phenoxy) is 1. The fourth-order valence-corrected chi connectivity index (χ4v) is 1.48. The Morgan fingerprint density at radius 1 is 1.50 bits per heavy atom. The van der Waals surface area contributed by atoms with Crippen LogP contribution in [0, 0.1) is 0 Å². The minimum atomic E-state index is -0.467. The van der Waals surface area contributed by atoms with Gasteiger partial charge in [0.25, 0.3) is 0 Å². The first-order valence-corrected chi connectivity index (χ1v) is 5.37. The summed E-state index contributed by atoms with van der Waals surface area (Å²) >= 11 is 0. The second kappa shape index (κ2) is 5.26. The number of carbonyl (C=O) groups excluding carboxylic acids is 1. The number of hydrogen-bond acceptors (Lipinski definition) is 6. The molecule has 1 unspecified atom stereocenters. The van der Waals surface area contributed by atoms with Crippen molar-refractivity contribution in [2.75, 3.05) is 12.4 Å². The summed E-state index contributed by atoms with van der Waals surface area (Å²) in [7, 11) is 1.32. The molecule has 0 saturated heterocycles. The highest BCUT2D eigenvalue weighted by atomic mass is 16.5. The first-order valence-electron chi connectivity index (χ1n) is 5.37. The standard InChI is InChI=1S/C11H13N5O2/c1-7(10-13-6-14-16-10)15-8-3-4-12-9(5-8)11(17)18-2/h3-7H,1-2H3,(H,12,15)(H,13,14,16). The second-order valence-corrected chi connectivity index (χ2v) is 3.66. The molecule has 7 nitrogen and oxygen atoms in total. The zero-order valence-corrected chi connectivity index (χ0v) is 10.0. The van der Waals surface area contributed by atoms with Crippen molar-refractivity contribution in [3.63, 3.8) is 0 Å². The number of esters is 1. The molecule has 94 valence electrons. The Hall–Kier alpha value is -2.44. The smallest absolute Gasteiger partial charge is 0.356 e. The first-order chi connectivity index (χ1) is 8.70. The Morgan fingerprint density at radius 3 is 3.00 bits per heavy atom. The normalized spacial score (nSPS) is 11.9. The summed E-state index contributed by atoms with van der Waals surface area (Å²) in [4.78, 5) is 19.3. The molecule has 0 amide bonds. The molecule has 1 atom stereocenters. The summed E-state index contributed by atoms with van der Waals surface area (Å²) in [5.41, 5.74) is 1.02. The van der Waals surface area contributed by atoms with E-state index in [9.17, 15) is 4.79 Å². The number of carbonyl (C=O) groups is 1. The van der Waals surface area contributed by atoms with E-state index in [4.69, 9.17) is 0 Å². The summed E-state index contributed by atoms with van der Waals surface area (Å²) < 4.78 is 4.61. The average Bonchev–Trinajstić information content (AvgIpc) is 2.92. The zero-order chi connectivity index (χ0) is 13.0. The van der Waals surface area contributed by atoms with Crippen molar-refractivity contribution in [1.29, 1.82) is 0 Å². The van der Waals surface area contributed by atoms with E-state index < -0.39 is 5.97 Å². The maximum absolute atomic E-state index is 11.3. The van der Waals surface area contributed by atoms with E-state index in [-0.39, 0.29) is 11.7 Å². The van der Waals surface area contributed by atoms with Gasteiger partial charge < -0.3 is 10.1 Å². The highest BCUT2D eigenvalue weighted by molar-refractivity contribution is 5.88. The van der Waals surface area contributed by atoms with E-state index >= 15 is 0 Å². The van der Waals surface area contributed by atoms with Crippen LogP contribution in [0.2, 0.25) is 0 Å². The van der Waals surface area contributed by atoms with Crippen molar-refractivity contribution in [2.24, 2.45) is 0 Å². The van der Waals surface area contributed by atoms with Crippen LogP contribution in [0.1, 0.15) is 29.3 Å². The predicted octanol–water partition coefficient (Wildman–Crippen LogP) is 1.16. The van der Waals surface area contributed by atoms with Crippen LogP contribution in [-0.2, 0) is 4.74 Å². The third-order valence-electron chi connectivity index (χ3n) is 2.38. The topological polar surface area (TPSA) is 92.8 Å². The largest absolute Gasteiger partial charge is 0.464 e. The summed E-state index contributed by atoms with van der Waals surface area (Å²) in [6, 6.07) is 3.33. The predicted molar refractivity (Wildman–Crippen MR) is 64.0 cm³/mol. The number of aromatic nitrogens is 4. The lowest BCUT2D eigenvalue weighted by Gasteiger charge is -2.12. The third-order valence-corrected chi connectivity index (χ3v) is 2.38. The summed E-state index contributed by atoms with van der Waals surface area (Å²) in [6.07, 6.45) is 2.99. The van der Waals surface area contributed by atoms with Gasteiger partial charge in [-0.1, -0.05) is 0 Å². The molecule has 2 N–H and O–H groups in total. The van der Waals surface area contributed by atoms with E-state index in [0.717, 1.165) is 5.69 Å². The highest BCUT2D eigenvalue weighted by Crippen LogP contribution is 2.16. The molecule has 2 heterocycles. The first kappa shape index (κ1) is 12.0. The number of anilines is 1.